The van der Waals surface area contributed by atoms with Crippen LogP contribution in [0.25, 0.3) is 0 Å². The van der Waals surface area contributed by atoms with E-state index in [-0.39, 0.29) is 24.9 Å². The largest absolute Gasteiger partial charge is 0.462 e. The Morgan fingerprint density at radius 1 is 1.15 bits per heavy atom. The molecule has 0 aromatic carbocycles. The zero-order valence-corrected chi connectivity index (χ0v) is 25.9. The van der Waals surface area contributed by atoms with Gasteiger partial charge in [0.05, 0.1) is 18.8 Å². The molecule has 41 heavy (non-hydrogen) atoms. The van der Waals surface area contributed by atoms with E-state index < -0.39 is 35.5 Å². The molecule has 0 saturated carbocycles. The second-order valence-corrected chi connectivity index (χ2v) is 13.6. The van der Waals surface area contributed by atoms with Gasteiger partial charge in [-0.15, -0.1) is 0 Å². The van der Waals surface area contributed by atoms with Gasteiger partial charge in [-0.1, -0.05) is 63.6 Å². The zero-order valence-electron chi connectivity index (χ0n) is 25.9. The number of hydrogen-bond acceptors (Lipinski definition) is 7. The Hall–Kier alpha value is -1.77. The normalized spacial score (nSPS) is 47.0. The van der Waals surface area contributed by atoms with Crippen molar-refractivity contribution in [3.8, 4) is 0 Å². The summed E-state index contributed by atoms with van der Waals surface area (Å²) in [6.07, 6.45) is 13.1. The molecule has 4 aliphatic heterocycles. The topological polar surface area (TPSA) is 83.5 Å². The molecule has 0 amide bonds. The fourth-order valence-electron chi connectivity index (χ4n) is 7.78. The molecule has 3 saturated heterocycles. The zero-order chi connectivity index (χ0) is 29.5. The minimum Gasteiger partial charge on any atom is -0.462 e. The van der Waals surface area contributed by atoms with E-state index in [0.717, 1.165) is 31.3 Å². The fraction of sp³-hybridized carbons (Fsp3) is 0.735. The minimum atomic E-state index is -1.56. The molecule has 10 atom stereocenters. The summed E-state index contributed by atoms with van der Waals surface area (Å²) in [6.45, 7) is 13.1. The Kier molecular flexibility index (Phi) is 9.04. The van der Waals surface area contributed by atoms with Crippen molar-refractivity contribution in [1.82, 2.24) is 0 Å². The lowest BCUT2D eigenvalue weighted by molar-refractivity contribution is -0.340. The van der Waals surface area contributed by atoms with Gasteiger partial charge in [0.2, 0.25) is 0 Å². The van der Waals surface area contributed by atoms with Crippen LogP contribution in [0.5, 0.6) is 0 Å². The van der Waals surface area contributed by atoms with E-state index in [1.54, 1.807) is 7.11 Å². The van der Waals surface area contributed by atoms with E-state index >= 15 is 0 Å². The molecular formula is C34H50O7. The van der Waals surface area contributed by atoms with Crippen LogP contribution in [0.2, 0.25) is 0 Å². The van der Waals surface area contributed by atoms with Gasteiger partial charge in [-0.05, 0) is 62.0 Å². The van der Waals surface area contributed by atoms with Gasteiger partial charge in [-0.3, -0.25) is 4.79 Å². The van der Waals surface area contributed by atoms with Gasteiger partial charge in [-0.2, -0.15) is 0 Å². The summed E-state index contributed by atoms with van der Waals surface area (Å²) in [5.74, 6) is -1.01. The number of rotatable bonds is 2. The van der Waals surface area contributed by atoms with E-state index in [0.29, 0.717) is 36.2 Å². The maximum atomic E-state index is 14.0. The monoisotopic (exact) mass is 570 g/mol. The smallest absolute Gasteiger partial charge is 0.316 e. The number of allylic oxidation sites excluding steroid dienone is 4. The Morgan fingerprint density at radius 2 is 1.93 bits per heavy atom. The Balaban J connectivity index is 1.52. The first-order chi connectivity index (χ1) is 19.5. The highest BCUT2D eigenvalue weighted by Gasteiger charge is 2.60. The van der Waals surface area contributed by atoms with E-state index in [9.17, 15) is 9.90 Å². The Bertz CT molecular complexity index is 1100. The first kappa shape index (κ1) is 30.7. The molecule has 228 valence electrons. The maximum absolute atomic E-state index is 14.0. The van der Waals surface area contributed by atoms with Crippen LogP contribution >= 0.6 is 0 Å². The summed E-state index contributed by atoms with van der Waals surface area (Å²) in [7, 11) is 1.61. The van der Waals surface area contributed by atoms with Crippen molar-refractivity contribution in [1.29, 1.82) is 0 Å². The van der Waals surface area contributed by atoms with Gasteiger partial charge in [-0.25, -0.2) is 0 Å². The van der Waals surface area contributed by atoms with Crippen molar-refractivity contribution < 1.29 is 33.6 Å². The van der Waals surface area contributed by atoms with Crippen LogP contribution in [0, 0.1) is 23.7 Å². The molecule has 1 spiro atoms. The lowest BCUT2D eigenvalue weighted by atomic mass is 9.70. The van der Waals surface area contributed by atoms with Gasteiger partial charge in [0.1, 0.15) is 29.8 Å². The summed E-state index contributed by atoms with van der Waals surface area (Å²) in [5, 5.41) is 12.3. The van der Waals surface area contributed by atoms with Gasteiger partial charge in [0.15, 0.2) is 5.79 Å². The van der Waals surface area contributed by atoms with E-state index in [1.165, 1.54) is 5.57 Å². The van der Waals surface area contributed by atoms with Crippen LogP contribution in [-0.2, 0) is 28.5 Å². The van der Waals surface area contributed by atoms with Crippen molar-refractivity contribution in [3.05, 3.63) is 47.1 Å². The maximum Gasteiger partial charge on any atom is 0.316 e. The quantitative estimate of drug-likeness (QED) is 0.331. The highest BCUT2D eigenvalue weighted by Crippen LogP contribution is 2.48. The molecule has 1 aliphatic carbocycles. The first-order valence-electron chi connectivity index (χ1n) is 15.6. The van der Waals surface area contributed by atoms with E-state index in [2.05, 4.69) is 46.8 Å². The Morgan fingerprint density at radius 3 is 2.66 bits per heavy atom. The third-order valence-electron chi connectivity index (χ3n) is 9.89. The van der Waals surface area contributed by atoms with Crippen molar-refractivity contribution in [3.63, 3.8) is 0 Å². The average molecular weight is 571 g/mol. The van der Waals surface area contributed by atoms with Gasteiger partial charge < -0.3 is 28.8 Å². The molecule has 0 radical (unpaired) electrons. The number of carbonyl (C=O) groups is 1. The SMILES string of the molecule is CO[C@@H]1C(C)=C[C@H]2C(=O)O[C@H]3C[C@@H](C/C=C(\C)C[C@@H](C)/C=C/C=C4\CO[C@H]1[C@@]42O)O[C@@]1(CC[C@H](C)[C@@H](C(C)C)O1)C3. The molecule has 0 unspecified atom stereocenters. The van der Waals surface area contributed by atoms with Crippen LogP contribution in [0.4, 0.5) is 0 Å². The molecule has 5 rings (SSSR count). The van der Waals surface area contributed by atoms with Crippen molar-refractivity contribution in [2.45, 2.75) is 122 Å². The molecular weight excluding hydrogens is 520 g/mol. The van der Waals surface area contributed by atoms with Crippen LogP contribution in [0.3, 0.4) is 0 Å². The summed E-state index contributed by atoms with van der Waals surface area (Å²) in [5.41, 5.74) is 1.27. The highest BCUT2D eigenvalue weighted by atomic mass is 16.7. The number of aliphatic hydroxyl groups is 1. The summed E-state index contributed by atoms with van der Waals surface area (Å²) in [4.78, 5) is 14.0. The van der Waals surface area contributed by atoms with Crippen molar-refractivity contribution >= 4 is 5.97 Å². The van der Waals surface area contributed by atoms with Crippen molar-refractivity contribution in [2.24, 2.45) is 23.7 Å². The molecule has 2 bridgehead atoms. The molecule has 5 aliphatic rings. The number of carbonyl (C=O) groups excluding carboxylic acids is 1. The number of ether oxygens (including phenoxy) is 5. The summed E-state index contributed by atoms with van der Waals surface area (Å²) < 4.78 is 31.7. The molecule has 7 nitrogen and oxygen atoms in total. The third-order valence-corrected chi connectivity index (χ3v) is 9.89. The predicted octanol–water partition coefficient (Wildman–Crippen LogP) is 5.82. The van der Waals surface area contributed by atoms with Gasteiger partial charge >= 0.3 is 5.97 Å². The standard InChI is InChI=1S/C34H50O7/c1-20(2)29-23(5)13-14-33(41-29)18-27-17-26(40-33)12-11-22(4)15-21(3)9-8-10-25-19-38-31-30(37-7)24(6)16-28(32(35)39-27)34(25,31)36/h8-11,16,20-21,23,26-31,36H,12-15,17-19H2,1-7H3/b9-8+,22-11+,25-10+/t21-,23-,26+,27-,28-,29+,30+,31+,33+,34+/m0/s1. The highest BCUT2D eigenvalue weighted by molar-refractivity contribution is 5.78. The Labute approximate surface area is 246 Å². The number of methoxy groups -OCH3 is 1. The summed E-state index contributed by atoms with van der Waals surface area (Å²) >= 11 is 0. The number of fused-ring (bicyclic) bond motifs is 2. The lowest BCUT2D eigenvalue weighted by Gasteiger charge is -2.50. The van der Waals surface area contributed by atoms with E-state index in [1.807, 2.05) is 25.2 Å². The van der Waals surface area contributed by atoms with Crippen LogP contribution in [0.15, 0.2) is 47.1 Å². The molecule has 4 heterocycles. The second-order valence-electron chi connectivity index (χ2n) is 13.6. The lowest BCUT2D eigenvalue weighted by Crippen LogP contribution is -2.58. The van der Waals surface area contributed by atoms with Crippen LogP contribution in [-0.4, -0.2) is 66.7 Å². The molecule has 0 aromatic heterocycles. The van der Waals surface area contributed by atoms with Crippen LogP contribution in [0.1, 0.15) is 80.1 Å². The first-order valence-corrected chi connectivity index (χ1v) is 15.6. The molecule has 0 aromatic rings. The van der Waals surface area contributed by atoms with Gasteiger partial charge in [0, 0.05) is 26.4 Å². The molecule has 7 heteroatoms. The third kappa shape index (κ3) is 6.03. The fourth-order valence-corrected chi connectivity index (χ4v) is 7.78. The molecule has 3 fully saturated rings. The van der Waals surface area contributed by atoms with E-state index in [4.69, 9.17) is 23.7 Å². The average Bonchev–Trinajstić information content (AvgIpc) is 3.24. The number of hydrogen-bond donors (Lipinski definition) is 1. The minimum absolute atomic E-state index is 0.0846. The molecule has 1 N–H and O–H groups in total. The second kappa shape index (κ2) is 12.1. The van der Waals surface area contributed by atoms with Crippen molar-refractivity contribution in [2.75, 3.05) is 13.7 Å². The number of esters is 1. The predicted molar refractivity (Wildman–Crippen MR) is 157 cm³/mol. The van der Waals surface area contributed by atoms with Crippen LogP contribution < -0.4 is 0 Å². The summed E-state index contributed by atoms with van der Waals surface area (Å²) in [6, 6.07) is 0. The van der Waals surface area contributed by atoms with Gasteiger partial charge in [0.25, 0.3) is 0 Å².